The Morgan fingerprint density at radius 3 is 2.65 bits per heavy atom. The van der Waals surface area contributed by atoms with Crippen molar-refractivity contribution in [2.24, 2.45) is 0 Å². The fourth-order valence-electron chi connectivity index (χ4n) is 5.88. The van der Waals surface area contributed by atoms with Crippen LogP contribution in [0.5, 0.6) is 0 Å². The third-order valence-corrected chi connectivity index (χ3v) is 7.28. The number of piperidine rings is 2. The molecule has 4 heteroatoms. The molecular formula is C22H34N4. The first-order valence-electron chi connectivity index (χ1n) is 10.9. The zero-order valence-electron chi connectivity index (χ0n) is 16.4. The summed E-state index contributed by atoms with van der Waals surface area (Å²) in [5.74, 6) is 0.722. The van der Waals surface area contributed by atoms with Gasteiger partial charge in [-0.2, -0.15) is 0 Å². The topological polar surface area (TPSA) is 13.0 Å². The summed E-state index contributed by atoms with van der Waals surface area (Å²) in [4.78, 5) is 10.6. The molecule has 26 heavy (non-hydrogen) atoms. The maximum Gasteiger partial charge on any atom is 0.0644 e. The van der Waals surface area contributed by atoms with Gasteiger partial charge >= 0.3 is 0 Å². The van der Waals surface area contributed by atoms with Gasteiger partial charge in [-0.3, -0.25) is 0 Å². The van der Waals surface area contributed by atoms with E-state index in [2.05, 4.69) is 44.8 Å². The van der Waals surface area contributed by atoms with Gasteiger partial charge < -0.3 is 19.6 Å². The Balaban J connectivity index is 1.24. The van der Waals surface area contributed by atoms with E-state index in [9.17, 15) is 0 Å². The highest BCUT2D eigenvalue weighted by Crippen LogP contribution is 2.50. The molecule has 0 radical (unpaired) electrons. The summed E-state index contributed by atoms with van der Waals surface area (Å²) in [6, 6.07) is 7.76. The molecule has 0 aliphatic carbocycles. The second-order valence-corrected chi connectivity index (χ2v) is 8.85. The van der Waals surface area contributed by atoms with Crippen molar-refractivity contribution in [1.29, 1.82) is 0 Å². The van der Waals surface area contributed by atoms with Crippen LogP contribution in [0.4, 0.5) is 11.4 Å². The molecule has 2 saturated heterocycles. The fraction of sp³-hybridized carbons (Fsp3) is 0.727. The van der Waals surface area contributed by atoms with Crippen molar-refractivity contribution >= 4 is 11.4 Å². The lowest BCUT2D eigenvalue weighted by Gasteiger charge is -2.41. The summed E-state index contributed by atoms with van der Waals surface area (Å²) in [5, 5.41) is 0. The predicted molar refractivity (Wildman–Crippen MR) is 110 cm³/mol. The minimum absolute atomic E-state index is 0.722. The second-order valence-electron chi connectivity index (χ2n) is 8.85. The van der Waals surface area contributed by atoms with Gasteiger partial charge in [-0.05, 0) is 63.5 Å². The Morgan fingerprint density at radius 1 is 0.923 bits per heavy atom. The highest BCUT2D eigenvalue weighted by Gasteiger charge is 2.44. The molecule has 0 spiro atoms. The van der Waals surface area contributed by atoms with Crippen LogP contribution in [0.3, 0.4) is 0 Å². The SMILES string of the molecule is CN1CCN2c3c(cccc31)[C@@H]1CN(CCCN3CCCCC3)CC[C@@H]12. The van der Waals surface area contributed by atoms with Gasteiger partial charge in [0.05, 0.1) is 11.4 Å². The molecule has 0 saturated carbocycles. The van der Waals surface area contributed by atoms with Crippen molar-refractivity contribution in [3.8, 4) is 0 Å². The van der Waals surface area contributed by atoms with Gasteiger partial charge in [-0.15, -0.1) is 0 Å². The lowest BCUT2D eigenvalue weighted by Crippen LogP contribution is -2.49. The average molecular weight is 355 g/mol. The van der Waals surface area contributed by atoms with E-state index in [1.54, 1.807) is 11.3 Å². The molecule has 4 aliphatic heterocycles. The number of rotatable bonds is 4. The number of nitrogens with zero attached hydrogens (tertiary/aromatic N) is 4. The predicted octanol–water partition coefficient (Wildman–Crippen LogP) is 2.99. The molecule has 0 amide bonds. The third-order valence-electron chi connectivity index (χ3n) is 7.28. The molecule has 1 aromatic rings. The highest BCUT2D eigenvalue weighted by atomic mass is 15.3. The van der Waals surface area contributed by atoms with E-state index in [1.807, 2.05) is 0 Å². The molecule has 2 fully saturated rings. The van der Waals surface area contributed by atoms with Gasteiger partial charge in [0, 0.05) is 45.2 Å². The van der Waals surface area contributed by atoms with E-state index in [-0.39, 0.29) is 0 Å². The molecule has 0 N–H and O–H groups in total. The van der Waals surface area contributed by atoms with Gasteiger partial charge in [-0.1, -0.05) is 18.6 Å². The molecule has 1 aromatic carbocycles. The van der Waals surface area contributed by atoms with Crippen molar-refractivity contribution in [3.05, 3.63) is 23.8 Å². The zero-order valence-corrected chi connectivity index (χ0v) is 16.4. The molecule has 0 bridgehead atoms. The minimum Gasteiger partial charge on any atom is -0.371 e. The number of likely N-dealkylation sites (N-methyl/N-ethyl adjacent to an activating group) is 1. The summed E-state index contributed by atoms with van der Waals surface area (Å²) in [6.07, 6.45) is 6.95. The van der Waals surface area contributed by atoms with Crippen LogP contribution in [0, 0.1) is 0 Å². The number of para-hydroxylation sites is 1. The Hall–Kier alpha value is -1.26. The van der Waals surface area contributed by atoms with Gasteiger partial charge in [0.15, 0.2) is 0 Å². The van der Waals surface area contributed by atoms with E-state index in [4.69, 9.17) is 0 Å². The van der Waals surface area contributed by atoms with Crippen LogP contribution >= 0.6 is 0 Å². The third kappa shape index (κ3) is 2.91. The van der Waals surface area contributed by atoms with Crippen LogP contribution in [0.15, 0.2) is 18.2 Å². The van der Waals surface area contributed by atoms with Crippen molar-refractivity contribution in [1.82, 2.24) is 9.80 Å². The van der Waals surface area contributed by atoms with Gasteiger partial charge in [0.25, 0.3) is 0 Å². The number of fused-ring (bicyclic) bond motifs is 3. The Labute approximate surface area is 158 Å². The van der Waals surface area contributed by atoms with Crippen molar-refractivity contribution < 1.29 is 0 Å². The smallest absolute Gasteiger partial charge is 0.0644 e. The van der Waals surface area contributed by atoms with E-state index in [0.29, 0.717) is 0 Å². The lowest BCUT2D eigenvalue weighted by atomic mass is 9.89. The van der Waals surface area contributed by atoms with Crippen LogP contribution in [0.25, 0.3) is 0 Å². The first-order chi connectivity index (χ1) is 12.8. The first kappa shape index (κ1) is 16.9. The molecule has 0 aromatic heterocycles. The van der Waals surface area contributed by atoms with Gasteiger partial charge in [0.1, 0.15) is 0 Å². The minimum atomic E-state index is 0.722. The van der Waals surface area contributed by atoms with Crippen LogP contribution in [-0.2, 0) is 0 Å². The molecule has 4 aliphatic rings. The van der Waals surface area contributed by atoms with Crippen molar-refractivity contribution in [3.63, 3.8) is 0 Å². The molecule has 142 valence electrons. The van der Waals surface area contributed by atoms with Gasteiger partial charge in [0.2, 0.25) is 0 Å². The first-order valence-corrected chi connectivity index (χ1v) is 10.9. The quantitative estimate of drug-likeness (QED) is 0.824. The van der Waals surface area contributed by atoms with E-state index >= 15 is 0 Å². The van der Waals surface area contributed by atoms with Crippen LogP contribution in [0.1, 0.15) is 43.6 Å². The molecular weight excluding hydrogens is 320 g/mol. The largest absolute Gasteiger partial charge is 0.371 e. The van der Waals surface area contributed by atoms with Crippen LogP contribution in [-0.4, -0.2) is 75.2 Å². The normalized spacial score (nSPS) is 29.0. The molecule has 0 unspecified atom stereocenters. The summed E-state index contributed by atoms with van der Waals surface area (Å²) in [6.45, 7) is 10.2. The van der Waals surface area contributed by atoms with Crippen LogP contribution < -0.4 is 9.80 Å². The van der Waals surface area contributed by atoms with E-state index in [1.165, 1.54) is 90.1 Å². The Kier molecular flexibility index (Phi) is 4.57. The fourth-order valence-corrected chi connectivity index (χ4v) is 5.88. The lowest BCUT2D eigenvalue weighted by molar-refractivity contribution is 0.170. The number of benzene rings is 1. The molecule has 4 nitrogen and oxygen atoms in total. The summed E-state index contributed by atoms with van der Waals surface area (Å²) in [7, 11) is 2.25. The maximum absolute atomic E-state index is 2.76. The Bertz CT molecular complexity index is 639. The number of hydrogen-bond donors (Lipinski definition) is 0. The molecule has 4 heterocycles. The maximum atomic E-state index is 2.76. The summed E-state index contributed by atoms with van der Waals surface area (Å²) < 4.78 is 0. The monoisotopic (exact) mass is 354 g/mol. The Morgan fingerprint density at radius 2 is 1.77 bits per heavy atom. The number of likely N-dealkylation sites (tertiary alicyclic amines) is 2. The van der Waals surface area contributed by atoms with E-state index < -0.39 is 0 Å². The van der Waals surface area contributed by atoms with Crippen molar-refractivity contribution in [2.45, 2.75) is 44.1 Å². The summed E-state index contributed by atoms with van der Waals surface area (Å²) in [5.41, 5.74) is 4.64. The zero-order chi connectivity index (χ0) is 17.5. The highest BCUT2D eigenvalue weighted by molar-refractivity contribution is 5.80. The number of anilines is 2. The van der Waals surface area contributed by atoms with Gasteiger partial charge in [-0.25, -0.2) is 0 Å². The van der Waals surface area contributed by atoms with E-state index in [0.717, 1.165) is 12.0 Å². The summed E-state index contributed by atoms with van der Waals surface area (Å²) >= 11 is 0. The van der Waals surface area contributed by atoms with Crippen molar-refractivity contribution in [2.75, 3.05) is 69.2 Å². The standard InChI is InChI=1S/C22H34N4/c1-23-15-16-26-20-9-14-25(13-6-12-24-10-3-2-4-11-24)17-19(20)18-7-5-8-21(23)22(18)26/h5,7-8,19-20H,2-4,6,9-17H2,1H3/t19-,20-/m0/s1. The second kappa shape index (κ2) is 7.05. The average Bonchev–Trinajstić information content (AvgIpc) is 3.00. The van der Waals surface area contributed by atoms with Crippen LogP contribution in [0.2, 0.25) is 0 Å². The molecule has 5 rings (SSSR count). The number of hydrogen-bond acceptors (Lipinski definition) is 4. The molecule has 2 atom stereocenters.